The number of aryl methyl sites for hydroxylation is 1. The first-order chi connectivity index (χ1) is 9.29. The van der Waals surface area contributed by atoms with E-state index in [4.69, 9.17) is 5.73 Å². The normalized spacial score (nSPS) is 10.8. The van der Waals surface area contributed by atoms with Crippen LogP contribution in [0.1, 0.15) is 24.3 Å². The number of hydrogen-bond acceptors (Lipinski definition) is 4. The van der Waals surface area contributed by atoms with Crippen molar-refractivity contribution in [3.05, 3.63) is 29.3 Å². The Labute approximate surface area is 117 Å². The van der Waals surface area contributed by atoms with Gasteiger partial charge in [-0.2, -0.15) is 0 Å². The summed E-state index contributed by atoms with van der Waals surface area (Å²) in [7, 11) is 0. The standard InChI is InChI=1S/C14H19N3OS/c15-9-4-10-16-13(18)7-3-8-14-17-11-5-1-2-6-12(11)19-14/h1-2,5-6H,3-4,7-10,15H2,(H,16,18). The topological polar surface area (TPSA) is 68.0 Å². The second-order valence-corrected chi connectivity index (χ2v) is 5.54. The molecule has 102 valence electrons. The summed E-state index contributed by atoms with van der Waals surface area (Å²) in [6.45, 7) is 1.29. The van der Waals surface area contributed by atoms with E-state index in [1.54, 1.807) is 11.3 Å². The van der Waals surface area contributed by atoms with Crippen molar-refractivity contribution < 1.29 is 4.79 Å². The van der Waals surface area contributed by atoms with Gasteiger partial charge in [0, 0.05) is 13.0 Å². The number of hydrogen-bond donors (Lipinski definition) is 2. The molecule has 2 rings (SSSR count). The van der Waals surface area contributed by atoms with Crippen LogP contribution in [0.4, 0.5) is 0 Å². The minimum atomic E-state index is 0.106. The molecule has 0 saturated carbocycles. The zero-order valence-electron chi connectivity index (χ0n) is 10.9. The van der Waals surface area contributed by atoms with Crippen LogP contribution in [0, 0.1) is 0 Å². The average Bonchev–Trinajstić information content (AvgIpc) is 2.81. The summed E-state index contributed by atoms with van der Waals surface area (Å²) in [6, 6.07) is 8.12. The van der Waals surface area contributed by atoms with E-state index in [2.05, 4.69) is 16.4 Å². The smallest absolute Gasteiger partial charge is 0.220 e. The van der Waals surface area contributed by atoms with Gasteiger partial charge in [-0.05, 0) is 37.9 Å². The molecule has 0 atom stereocenters. The van der Waals surface area contributed by atoms with Gasteiger partial charge in [-0.25, -0.2) is 4.98 Å². The van der Waals surface area contributed by atoms with E-state index < -0.39 is 0 Å². The summed E-state index contributed by atoms with van der Waals surface area (Å²) in [6.07, 6.45) is 3.10. The predicted molar refractivity (Wildman–Crippen MR) is 79.2 cm³/mol. The number of para-hydroxylation sites is 1. The third-order valence-electron chi connectivity index (χ3n) is 2.84. The second-order valence-electron chi connectivity index (χ2n) is 4.42. The Morgan fingerprint density at radius 1 is 1.32 bits per heavy atom. The van der Waals surface area contributed by atoms with E-state index in [0.717, 1.165) is 29.8 Å². The minimum absolute atomic E-state index is 0.106. The SMILES string of the molecule is NCCCNC(=O)CCCc1nc2ccccc2s1. The maximum absolute atomic E-state index is 11.5. The van der Waals surface area contributed by atoms with Gasteiger partial charge in [0.05, 0.1) is 15.2 Å². The van der Waals surface area contributed by atoms with Gasteiger partial charge in [0.25, 0.3) is 0 Å². The Hall–Kier alpha value is -1.46. The number of amides is 1. The van der Waals surface area contributed by atoms with Gasteiger partial charge < -0.3 is 11.1 Å². The van der Waals surface area contributed by atoms with Gasteiger partial charge in [0.2, 0.25) is 5.91 Å². The van der Waals surface area contributed by atoms with Crippen molar-refractivity contribution in [2.75, 3.05) is 13.1 Å². The van der Waals surface area contributed by atoms with Crippen LogP contribution in [-0.2, 0) is 11.2 Å². The highest BCUT2D eigenvalue weighted by molar-refractivity contribution is 7.18. The number of carbonyl (C=O) groups excluding carboxylic acids is 1. The first kappa shape index (κ1) is 14.0. The Balaban J connectivity index is 1.74. The average molecular weight is 277 g/mol. The lowest BCUT2D eigenvalue weighted by Gasteiger charge is -2.02. The number of benzene rings is 1. The molecule has 0 aliphatic heterocycles. The molecule has 2 aromatic rings. The van der Waals surface area contributed by atoms with Gasteiger partial charge in [-0.15, -0.1) is 11.3 Å². The fraction of sp³-hybridized carbons (Fsp3) is 0.429. The van der Waals surface area contributed by atoms with Gasteiger partial charge in [0.1, 0.15) is 0 Å². The molecule has 4 nitrogen and oxygen atoms in total. The molecule has 3 N–H and O–H groups in total. The Bertz CT molecular complexity index is 505. The maximum atomic E-state index is 11.5. The van der Waals surface area contributed by atoms with Gasteiger partial charge in [-0.1, -0.05) is 12.1 Å². The quantitative estimate of drug-likeness (QED) is 0.761. The van der Waals surface area contributed by atoms with Gasteiger partial charge in [0.15, 0.2) is 0 Å². The predicted octanol–water partition coefficient (Wildman–Crippen LogP) is 2.08. The van der Waals surface area contributed by atoms with Gasteiger partial charge in [-0.3, -0.25) is 4.79 Å². The fourth-order valence-electron chi connectivity index (χ4n) is 1.85. The third-order valence-corrected chi connectivity index (χ3v) is 3.93. The molecule has 1 amide bonds. The number of nitrogens with one attached hydrogen (secondary N) is 1. The van der Waals surface area contributed by atoms with Crippen molar-refractivity contribution in [1.29, 1.82) is 0 Å². The lowest BCUT2D eigenvalue weighted by atomic mass is 10.2. The van der Waals surface area contributed by atoms with Gasteiger partial charge >= 0.3 is 0 Å². The molecular weight excluding hydrogens is 258 g/mol. The van der Waals surface area contributed by atoms with E-state index in [1.807, 2.05) is 18.2 Å². The lowest BCUT2D eigenvalue weighted by molar-refractivity contribution is -0.121. The molecule has 0 aliphatic rings. The zero-order chi connectivity index (χ0) is 13.5. The van der Waals surface area contributed by atoms with Crippen LogP contribution in [0.5, 0.6) is 0 Å². The largest absolute Gasteiger partial charge is 0.356 e. The second kappa shape index (κ2) is 7.21. The van der Waals surface area contributed by atoms with Crippen molar-refractivity contribution >= 4 is 27.5 Å². The number of carbonyl (C=O) groups is 1. The van der Waals surface area contributed by atoms with Crippen molar-refractivity contribution in [3.63, 3.8) is 0 Å². The lowest BCUT2D eigenvalue weighted by Crippen LogP contribution is -2.25. The molecule has 1 aromatic carbocycles. The molecule has 1 aromatic heterocycles. The molecule has 19 heavy (non-hydrogen) atoms. The zero-order valence-corrected chi connectivity index (χ0v) is 11.7. The minimum Gasteiger partial charge on any atom is -0.356 e. The Morgan fingerprint density at radius 2 is 2.16 bits per heavy atom. The molecule has 0 bridgehead atoms. The van der Waals surface area contributed by atoms with Crippen LogP contribution in [0.2, 0.25) is 0 Å². The molecule has 0 radical (unpaired) electrons. The monoisotopic (exact) mass is 277 g/mol. The summed E-state index contributed by atoms with van der Waals surface area (Å²) >= 11 is 1.71. The molecule has 0 fully saturated rings. The number of rotatable bonds is 7. The van der Waals surface area contributed by atoms with E-state index in [0.29, 0.717) is 19.5 Å². The Kier molecular flexibility index (Phi) is 5.30. The highest BCUT2D eigenvalue weighted by Gasteiger charge is 2.05. The molecule has 5 heteroatoms. The summed E-state index contributed by atoms with van der Waals surface area (Å²) in [5.41, 5.74) is 6.42. The van der Waals surface area contributed by atoms with Crippen molar-refractivity contribution in [2.24, 2.45) is 5.73 Å². The highest BCUT2D eigenvalue weighted by atomic mass is 32.1. The van der Waals surface area contributed by atoms with E-state index in [1.165, 1.54) is 4.70 Å². The van der Waals surface area contributed by atoms with Crippen LogP contribution in [0.25, 0.3) is 10.2 Å². The molecule has 0 saturated heterocycles. The summed E-state index contributed by atoms with van der Waals surface area (Å²) in [5, 5.41) is 3.97. The van der Waals surface area contributed by atoms with E-state index in [-0.39, 0.29) is 5.91 Å². The van der Waals surface area contributed by atoms with E-state index in [9.17, 15) is 4.79 Å². The fourth-order valence-corrected chi connectivity index (χ4v) is 2.85. The van der Waals surface area contributed by atoms with Crippen LogP contribution < -0.4 is 11.1 Å². The van der Waals surface area contributed by atoms with Crippen LogP contribution in [0.3, 0.4) is 0 Å². The molecule has 0 unspecified atom stereocenters. The first-order valence-corrected chi connectivity index (χ1v) is 7.42. The number of fused-ring (bicyclic) bond motifs is 1. The molecule has 0 spiro atoms. The summed E-state index contributed by atoms with van der Waals surface area (Å²) in [4.78, 5) is 16.1. The number of nitrogens with zero attached hydrogens (tertiary/aromatic N) is 1. The summed E-state index contributed by atoms with van der Waals surface area (Å²) in [5.74, 6) is 0.106. The molecule has 1 heterocycles. The van der Waals surface area contributed by atoms with Crippen molar-refractivity contribution in [2.45, 2.75) is 25.7 Å². The molecule has 0 aliphatic carbocycles. The number of nitrogens with two attached hydrogens (primary N) is 1. The van der Waals surface area contributed by atoms with E-state index >= 15 is 0 Å². The van der Waals surface area contributed by atoms with Crippen LogP contribution >= 0.6 is 11.3 Å². The maximum Gasteiger partial charge on any atom is 0.220 e. The third kappa shape index (κ3) is 4.29. The first-order valence-electron chi connectivity index (χ1n) is 6.61. The number of aromatic nitrogens is 1. The van der Waals surface area contributed by atoms with Crippen LogP contribution in [0.15, 0.2) is 24.3 Å². The van der Waals surface area contributed by atoms with Crippen molar-refractivity contribution in [3.8, 4) is 0 Å². The highest BCUT2D eigenvalue weighted by Crippen LogP contribution is 2.22. The van der Waals surface area contributed by atoms with Crippen molar-refractivity contribution in [1.82, 2.24) is 10.3 Å². The summed E-state index contributed by atoms with van der Waals surface area (Å²) < 4.78 is 1.21. The number of thiazole rings is 1. The van der Waals surface area contributed by atoms with Crippen LogP contribution in [-0.4, -0.2) is 24.0 Å². The Morgan fingerprint density at radius 3 is 2.95 bits per heavy atom. The molecular formula is C14H19N3OS.